The van der Waals surface area contributed by atoms with Crippen LogP contribution in [0.4, 0.5) is 11.9 Å². The molecule has 18 heavy (non-hydrogen) atoms. The van der Waals surface area contributed by atoms with E-state index in [0.29, 0.717) is 29.8 Å². The van der Waals surface area contributed by atoms with Crippen molar-refractivity contribution in [3.63, 3.8) is 0 Å². The van der Waals surface area contributed by atoms with Crippen LogP contribution in [0.3, 0.4) is 0 Å². The molecule has 1 aromatic heterocycles. The van der Waals surface area contributed by atoms with Crippen molar-refractivity contribution in [2.75, 3.05) is 24.3 Å². The van der Waals surface area contributed by atoms with Gasteiger partial charge in [-0.15, -0.1) is 0 Å². The maximum atomic E-state index is 5.73. The lowest BCUT2D eigenvalue weighted by Gasteiger charge is -2.19. The highest BCUT2D eigenvalue weighted by Crippen LogP contribution is 2.38. The van der Waals surface area contributed by atoms with E-state index in [2.05, 4.69) is 27.2 Å². The molecule has 2 unspecified atom stereocenters. The predicted octanol–water partition coefficient (Wildman–Crippen LogP) is 1.17. The fraction of sp³-hybridized carbons (Fsp3) is 0.750. The maximum Gasteiger partial charge on any atom is 0.227 e. The second-order valence-electron chi connectivity index (χ2n) is 5.21. The Labute approximate surface area is 106 Å². The topological polar surface area (TPSA) is 86.0 Å². The van der Waals surface area contributed by atoms with E-state index in [0.717, 1.165) is 38.3 Å². The minimum absolute atomic E-state index is 0.293. The van der Waals surface area contributed by atoms with Crippen molar-refractivity contribution in [3.05, 3.63) is 5.82 Å². The molecule has 2 atom stereocenters. The second-order valence-corrected chi connectivity index (χ2v) is 5.21. The van der Waals surface area contributed by atoms with E-state index >= 15 is 0 Å². The Kier molecular flexibility index (Phi) is 3.03. The SMILES string of the molecule is CC(Nc1nc(N)nc(C2CC2)n1)C1CCOC1. The summed E-state index contributed by atoms with van der Waals surface area (Å²) < 4.78 is 5.39. The minimum Gasteiger partial charge on any atom is -0.381 e. The van der Waals surface area contributed by atoms with Crippen LogP contribution in [0.1, 0.15) is 37.9 Å². The van der Waals surface area contributed by atoms with Crippen LogP contribution in [-0.2, 0) is 4.74 Å². The number of anilines is 2. The normalized spacial score (nSPS) is 25.1. The van der Waals surface area contributed by atoms with Crippen LogP contribution >= 0.6 is 0 Å². The van der Waals surface area contributed by atoms with Gasteiger partial charge in [-0.05, 0) is 26.2 Å². The summed E-state index contributed by atoms with van der Waals surface area (Å²) >= 11 is 0. The second kappa shape index (κ2) is 4.68. The highest BCUT2D eigenvalue weighted by Gasteiger charge is 2.28. The Hall–Kier alpha value is -1.43. The third kappa shape index (κ3) is 2.53. The predicted molar refractivity (Wildman–Crippen MR) is 68.2 cm³/mol. The van der Waals surface area contributed by atoms with E-state index < -0.39 is 0 Å². The molecule has 0 spiro atoms. The van der Waals surface area contributed by atoms with E-state index in [1.54, 1.807) is 0 Å². The average Bonchev–Trinajstić information content (AvgIpc) is 3.03. The first kappa shape index (κ1) is 11.6. The lowest BCUT2D eigenvalue weighted by atomic mass is 10.0. The third-order valence-corrected chi connectivity index (χ3v) is 3.64. The number of nitrogens with one attached hydrogen (secondary N) is 1. The molecule has 6 heteroatoms. The van der Waals surface area contributed by atoms with Crippen LogP contribution in [0, 0.1) is 5.92 Å². The van der Waals surface area contributed by atoms with Crippen LogP contribution in [0.5, 0.6) is 0 Å². The summed E-state index contributed by atoms with van der Waals surface area (Å²) in [5.41, 5.74) is 5.73. The average molecular weight is 249 g/mol. The number of nitrogens with zero attached hydrogens (tertiary/aromatic N) is 3. The highest BCUT2D eigenvalue weighted by atomic mass is 16.5. The number of aromatic nitrogens is 3. The first-order chi connectivity index (χ1) is 8.72. The quantitative estimate of drug-likeness (QED) is 0.833. The van der Waals surface area contributed by atoms with Crippen LogP contribution in [0.15, 0.2) is 0 Å². The number of ether oxygens (including phenoxy) is 1. The van der Waals surface area contributed by atoms with Gasteiger partial charge in [0.2, 0.25) is 11.9 Å². The Bertz CT molecular complexity index is 428. The van der Waals surface area contributed by atoms with Gasteiger partial charge in [0.15, 0.2) is 0 Å². The number of nitrogens with two attached hydrogens (primary N) is 1. The van der Waals surface area contributed by atoms with Crippen molar-refractivity contribution in [2.24, 2.45) is 5.92 Å². The number of nitrogen functional groups attached to an aromatic ring is 1. The van der Waals surface area contributed by atoms with Gasteiger partial charge in [0.25, 0.3) is 0 Å². The van der Waals surface area contributed by atoms with Crippen molar-refractivity contribution in [3.8, 4) is 0 Å². The first-order valence-corrected chi connectivity index (χ1v) is 6.58. The maximum absolute atomic E-state index is 5.73. The van der Waals surface area contributed by atoms with Crippen molar-refractivity contribution >= 4 is 11.9 Å². The van der Waals surface area contributed by atoms with E-state index in [9.17, 15) is 0 Å². The lowest BCUT2D eigenvalue weighted by Crippen LogP contribution is -2.27. The molecule has 3 N–H and O–H groups in total. The van der Waals surface area contributed by atoms with Gasteiger partial charge in [0.1, 0.15) is 5.82 Å². The Morgan fingerprint density at radius 2 is 2.11 bits per heavy atom. The van der Waals surface area contributed by atoms with Gasteiger partial charge < -0.3 is 15.8 Å². The molecule has 0 radical (unpaired) electrons. The fourth-order valence-corrected chi connectivity index (χ4v) is 2.27. The summed E-state index contributed by atoms with van der Waals surface area (Å²) in [5, 5.41) is 3.33. The molecule has 1 aliphatic heterocycles. The standard InChI is InChI=1S/C12H19N5O/c1-7(9-4-5-18-6-9)14-12-16-10(8-2-3-8)15-11(13)17-12/h7-9H,2-6H2,1H3,(H3,13,14,15,16,17). The summed E-state index contributed by atoms with van der Waals surface area (Å²) in [7, 11) is 0. The molecule has 1 saturated carbocycles. The highest BCUT2D eigenvalue weighted by molar-refractivity contribution is 5.33. The van der Waals surface area contributed by atoms with Crippen molar-refractivity contribution in [1.82, 2.24) is 15.0 Å². The summed E-state index contributed by atoms with van der Waals surface area (Å²) in [6.07, 6.45) is 3.41. The van der Waals surface area contributed by atoms with Crippen LogP contribution in [0.2, 0.25) is 0 Å². The molecule has 0 bridgehead atoms. The molecule has 2 heterocycles. The molecule has 2 fully saturated rings. The minimum atomic E-state index is 0.293. The Morgan fingerprint density at radius 1 is 1.28 bits per heavy atom. The molecule has 2 aliphatic rings. The van der Waals surface area contributed by atoms with Crippen molar-refractivity contribution < 1.29 is 4.74 Å². The summed E-state index contributed by atoms with van der Waals surface area (Å²) in [6.45, 7) is 3.80. The number of rotatable bonds is 4. The van der Waals surface area contributed by atoms with Gasteiger partial charge in [-0.25, -0.2) is 0 Å². The van der Waals surface area contributed by atoms with Gasteiger partial charge in [-0.1, -0.05) is 0 Å². The zero-order valence-electron chi connectivity index (χ0n) is 10.6. The molecule has 1 saturated heterocycles. The van der Waals surface area contributed by atoms with E-state index in [4.69, 9.17) is 10.5 Å². The number of hydrogen-bond donors (Lipinski definition) is 2. The largest absolute Gasteiger partial charge is 0.381 e. The van der Waals surface area contributed by atoms with Gasteiger partial charge in [0, 0.05) is 24.5 Å². The molecule has 6 nitrogen and oxygen atoms in total. The van der Waals surface area contributed by atoms with E-state index in [1.807, 2.05) is 0 Å². The monoisotopic (exact) mass is 249 g/mol. The summed E-state index contributed by atoms with van der Waals surface area (Å²) in [4.78, 5) is 12.8. The molecule has 3 rings (SSSR count). The number of hydrogen-bond acceptors (Lipinski definition) is 6. The van der Waals surface area contributed by atoms with Gasteiger partial charge in [-0.2, -0.15) is 15.0 Å². The molecular formula is C12H19N5O. The zero-order chi connectivity index (χ0) is 12.5. The summed E-state index contributed by atoms with van der Waals surface area (Å²) in [5.74, 6) is 2.75. The van der Waals surface area contributed by atoms with Crippen molar-refractivity contribution in [2.45, 2.75) is 38.1 Å². The Balaban J connectivity index is 1.70. The van der Waals surface area contributed by atoms with Crippen LogP contribution in [-0.4, -0.2) is 34.2 Å². The molecule has 1 aliphatic carbocycles. The molecule has 0 amide bonds. The zero-order valence-corrected chi connectivity index (χ0v) is 10.6. The molecule has 1 aromatic rings. The molecule has 98 valence electrons. The van der Waals surface area contributed by atoms with Crippen LogP contribution < -0.4 is 11.1 Å². The molecule has 0 aromatic carbocycles. The van der Waals surface area contributed by atoms with E-state index in [1.165, 1.54) is 0 Å². The van der Waals surface area contributed by atoms with Crippen molar-refractivity contribution in [1.29, 1.82) is 0 Å². The smallest absolute Gasteiger partial charge is 0.227 e. The van der Waals surface area contributed by atoms with Gasteiger partial charge in [-0.3, -0.25) is 0 Å². The fourth-order valence-electron chi connectivity index (χ4n) is 2.27. The van der Waals surface area contributed by atoms with E-state index in [-0.39, 0.29) is 0 Å². The van der Waals surface area contributed by atoms with Gasteiger partial charge >= 0.3 is 0 Å². The molecular weight excluding hydrogens is 230 g/mol. The first-order valence-electron chi connectivity index (χ1n) is 6.58. The Morgan fingerprint density at radius 3 is 2.78 bits per heavy atom. The summed E-state index contributed by atoms with van der Waals surface area (Å²) in [6, 6.07) is 0.293. The van der Waals surface area contributed by atoms with Crippen LogP contribution in [0.25, 0.3) is 0 Å². The third-order valence-electron chi connectivity index (χ3n) is 3.64. The lowest BCUT2D eigenvalue weighted by molar-refractivity contribution is 0.183. The van der Waals surface area contributed by atoms with Gasteiger partial charge in [0.05, 0.1) is 6.61 Å².